The molecule has 2 saturated heterocycles. The Morgan fingerprint density at radius 3 is 2.60 bits per heavy atom. The van der Waals surface area contributed by atoms with Gasteiger partial charge in [0.15, 0.2) is 0 Å². The molecule has 25 heavy (non-hydrogen) atoms. The van der Waals surface area contributed by atoms with Gasteiger partial charge in [-0.15, -0.1) is 5.10 Å². The van der Waals surface area contributed by atoms with E-state index in [1.54, 1.807) is 11.1 Å². The number of amides is 1. The predicted octanol–water partition coefficient (Wildman–Crippen LogP) is 0.539. The van der Waals surface area contributed by atoms with Crippen molar-refractivity contribution in [2.75, 3.05) is 25.4 Å². The minimum atomic E-state index is -4.49. The third-order valence-corrected chi connectivity index (χ3v) is 6.13. The number of alkyl halides is 3. The average Bonchev–Trinajstić information content (AvgIpc) is 3.05. The van der Waals surface area contributed by atoms with Crippen molar-refractivity contribution in [1.82, 2.24) is 24.2 Å². The highest BCUT2D eigenvalue weighted by molar-refractivity contribution is 7.89. The molecule has 140 valence electrons. The zero-order chi connectivity index (χ0) is 18.2. The number of carbonyl (C=O) groups excluding carboxylic acids is 1. The number of hydrogen-bond acceptors (Lipinski definition) is 5. The standard InChI is InChI=1S/C13H18F3N5O3S/c14-13(15,16)3-5-25(23,24)20-8-11(9-20)21-7-10(17-18-21)6-19-4-1-2-12(19)22/h7,11H,1-6,8-9H2. The van der Waals surface area contributed by atoms with Gasteiger partial charge in [0.2, 0.25) is 15.9 Å². The van der Waals surface area contributed by atoms with E-state index in [1.807, 2.05) is 0 Å². The van der Waals surface area contributed by atoms with Crippen LogP contribution in [0.4, 0.5) is 13.2 Å². The van der Waals surface area contributed by atoms with Gasteiger partial charge in [0.1, 0.15) is 5.69 Å². The maximum atomic E-state index is 12.2. The Balaban J connectivity index is 1.52. The number of carbonyl (C=O) groups is 1. The summed E-state index contributed by atoms with van der Waals surface area (Å²) in [6.45, 7) is 1.19. The number of nitrogens with zero attached hydrogens (tertiary/aromatic N) is 5. The van der Waals surface area contributed by atoms with E-state index >= 15 is 0 Å². The lowest BCUT2D eigenvalue weighted by Crippen LogP contribution is -2.51. The van der Waals surface area contributed by atoms with E-state index < -0.39 is 28.4 Å². The quantitative estimate of drug-likeness (QED) is 0.718. The number of hydrogen-bond donors (Lipinski definition) is 0. The number of aromatic nitrogens is 3. The third-order valence-electron chi connectivity index (χ3n) is 4.32. The topological polar surface area (TPSA) is 88.4 Å². The molecule has 12 heteroatoms. The van der Waals surface area contributed by atoms with Crippen LogP contribution in [0.15, 0.2) is 6.20 Å². The molecule has 8 nitrogen and oxygen atoms in total. The molecule has 2 aliphatic rings. The summed E-state index contributed by atoms with van der Waals surface area (Å²) in [5.41, 5.74) is 0.605. The zero-order valence-corrected chi connectivity index (χ0v) is 14.1. The second kappa shape index (κ2) is 6.56. The summed E-state index contributed by atoms with van der Waals surface area (Å²) in [7, 11) is -3.92. The monoisotopic (exact) mass is 381 g/mol. The van der Waals surface area contributed by atoms with Gasteiger partial charge in [-0.2, -0.15) is 17.5 Å². The van der Waals surface area contributed by atoms with Crippen LogP contribution < -0.4 is 0 Å². The SMILES string of the molecule is O=C1CCCN1Cc1cn(C2CN(S(=O)(=O)CCC(F)(F)F)C2)nn1. The van der Waals surface area contributed by atoms with Crippen LogP contribution in [0.2, 0.25) is 0 Å². The lowest BCUT2D eigenvalue weighted by atomic mass is 10.2. The molecule has 3 rings (SSSR count). The Hall–Kier alpha value is -1.69. The van der Waals surface area contributed by atoms with E-state index in [2.05, 4.69) is 10.3 Å². The number of sulfonamides is 1. The first-order chi connectivity index (χ1) is 11.6. The first-order valence-corrected chi connectivity index (χ1v) is 9.48. The minimum absolute atomic E-state index is 0.0696. The molecule has 0 bridgehead atoms. The fourth-order valence-corrected chi connectivity index (χ4v) is 4.36. The van der Waals surface area contributed by atoms with Crippen molar-refractivity contribution in [2.45, 2.75) is 38.0 Å². The van der Waals surface area contributed by atoms with Crippen molar-refractivity contribution < 1.29 is 26.4 Å². The van der Waals surface area contributed by atoms with E-state index in [9.17, 15) is 26.4 Å². The van der Waals surface area contributed by atoms with Crippen LogP contribution in [0.1, 0.15) is 31.0 Å². The fraction of sp³-hybridized carbons (Fsp3) is 0.769. The van der Waals surface area contributed by atoms with Crippen molar-refractivity contribution in [3.63, 3.8) is 0 Å². The highest BCUT2D eigenvalue weighted by Crippen LogP contribution is 2.27. The molecular formula is C13H18F3N5O3S. The molecule has 0 spiro atoms. The number of halogens is 3. The van der Waals surface area contributed by atoms with Crippen molar-refractivity contribution in [1.29, 1.82) is 0 Å². The van der Waals surface area contributed by atoms with Gasteiger partial charge in [0.05, 0.1) is 31.0 Å². The first-order valence-electron chi connectivity index (χ1n) is 7.87. The summed E-state index contributed by atoms with van der Waals surface area (Å²) in [6.07, 6.45) is -2.85. The van der Waals surface area contributed by atoms with Crippen molar-refractivity contribution in [2.24, 2.45) is 0 Å². The molecule has 3 heterocycles. The Kier molecular flexibility index (Phi) is 4.75. The van der Waals surface area contributed by atoms with Crippen LogP contribution in [0.5, 0.6) is 0 Å². The molecule has 0 aliphatic carbocycles. The van der Waals surface area contributed by atoms with Crippen molar-refractivity contribution >= 4 is 15.9 Å². The summed E-state index contributed by atoms with van der Waals surface area (Å²) in [5, 5.41) is 7.91. The van der Waals surface area contributed by atoms with Crippen LogP contribution in [0.3, 0.4) is 0 Å². The zero-order valence-electron chi connectivity index (χ0n) is 13.3. The molecule has 0 unspecified atom stereocenters. The third kappa shape index (κ3) is 4.29. The molecular weight excluding hydrogens is 363 g/mol. The van der Waals surface area contributed by atoms with Gasteiger partial charge in [-0.05, 0) is 6.42 Å². The summed E-state index contributed by atoms with van der Waals surface area (Å²) >= 11 is 0. The van der Waals surface area contributed by atoms with Crippen LogP contribution in [-0.2, 0) is 21.4 Å². The highest BCUT2D eigenvalue weighted by atomic mass is 32.2. The van der Waals surface area contributed by atoms with Crippen molar-refractivity contribution in [3.05, 3.63) is 11.9 Å². The highest BCUT2D eigenvalue weighted by Gasteiger charge is 2.39. The van der Waals surface area contributed by atoms with E-state index in [0.29, 0.717) is 25.2 Å². The Bertz CT molecular complexity index is 742. The molecule has 0 atom stereocenters. The maximum absolute atomic E-state index is 12.2. The Morgan fingerprint density at radius 2 is 2.00 bits per heavy atom. The van der Waals surface area contributed by atoms with E-state index in [-0.39, 0.29) is 25.0 Å². The van der Waals surface area contributed by atoms with Gasteiger partial charge in [0.25, 0.3) is 0 Å². The molecule has 0 N–H and O–H groups in total. The van der Waals surface area contributed by atoms with Crippen LogP contribution in [0.25, 0.3) is 0 Å². The van der Waals surface area contributed by atoms with E-state index in [4.69, 9.17) is 0 Å². The summed E-state index contributed by atoms with van der Waals surface area (Å²) in [4.78, 5) is 13.3. The predicted molar refractivity (Wildman–Crippen MR) is 79.7 cm³/mol. The maximum Gasteiger partial charge on any atom is 0.390 e. The number of rotatable bonds is 6. The van der Waals surface area contributed by atoms with Crippen molar-refractivity contribution in [3.8, 4) is 0 Å². The normalized spacial score (nSPS) is 20.3. The number of likely N-dealkylation sites (tertiary alicyclic amines) is 1. The van der Waals surface area contributed by atoms with Gasteiger partial charge in [0, 0.05) is 26.1 Å². The van der Waals surface area contributed by atoms with Crippen LogP contribution >= 0.6 is 0 Å². The lowest BCUT2D eigenvalue weighted by Gasteiger charge is -2.37. The molecule has 1 aromatic rings. The first kappa shape index (κ1) is 18.1. The average molecular weight is 381 g/mol. The Morgan fingerprint density at radius 1 is 1.28 bits per heavy atom. The summed E-state index contributed by atoms with van der Waals surface area (Å²) < 4.78 is 62.7. The second-order valence-corrected chi connectivity index (χ2v) is 8.35. The second-order valence-electron chi connectivity index (χ2n) is 6.26. The molecule has 0 radical (unpaired) electrons. The largest absolute Gasteiger partial charge is 0.390 e. The Labute approximate surface area is 142 Å². The van der Waals surface area contributed by atoms with E-state index in [1.165, 1.54) is 4.68 Å². The molecule has 1 aromatic heterocycles. The van der Waals surface area contributed by atoms with Gasteiger partial charge >= 0.3 is 6.18 Å². The van der Waals surface area contributed by atoms with Gasteiger partial charge in [-0.1, -0.05) is 5.21 Å². The van der Waals surface area contributed by atoms with Crippen LogP contribution in [0, 0.1) is 0 Å². The molecule has 1 amide bonds. The van der Waals surface area contributed by atoms with Gasteiger partial charge < -0.3 is 4.90 Å². The van der Waals surface area contributed by atoms with Crippen LogP contribution in [-0.4, -0.2) is 70.1 Å². The smallest absolute Gasteiger partial charge is 0.337 e. The summed E-state index contributed by atoms with van der Waals surface area (Å²) in [5.74, 6) is -0.872. The molecule has 2 fully saturated rings. The van der Waals surface area contributed by atoms with Gasteiger partial charge in [-0.25, -0.2) is 13.1 Å². The fourth-order valence-electron chi connectivity index (χ4n) is 2.82. The summed E-state index contributed by atoms with van der Waals surface area (Å²) in [6, 6.07) is -0.254. The molecule has 2 aliphatic heterocycles. The molecule has 0 aromatic carbocycles. The van der Waals surface area contributed by atoms with Gasteiger partial charge in [-0.3, -0.25) is 4.79 Å². The lowest BCUT2D eigenvalue weighted by molar-refractivity contribution is -0.130. The minimum Gasteiger partial charge on any atom is -0.337 e. The molecule has 0 saturated carbocycles. The van der Waals surface area contributed by atoms with E-state index in [0.717, 1.165) is 10.7 Å².